The molecule has 0 aromatic heterocycles. The summed E-state index contributed by atoms with van der Waals surface area (Å²) in [5, 5.41) is 3.11. The second-order valence-electron chi connectivity index (χ2n) is 3.87. The minimum Gasteiger partial charge on any atom is -0.302 e. The monoisotopic (exact) mass is 281 g/mol. The van der Waals surface area contributed by atoms with E-state index >= 15 is 0 Å². The Morgan fingerprint density at radius 3 is 2.88 bits per heavy atom. The summed E-state index contributed by atoms with van der Waals surface area (Å²) in [5.74, 6) is 0.824. The van der Waals surface area contributed by atoms with Crippen molar-refractivity contribution < 1.29 is 13.2 Å². The zero-order valence-electron chi connectivity index (χ0n) is 8.85. The summed E-state index contributed by atoms with van der Waals surface area (Å²) in [5.41, 5.74) is 0.873. The van der Waals surface area contributed by atoms with Crippen LogP contribution in [0.3, 0.4) is 0 Å². The molecule has 2 rings (SSSR count). The fourth-order valence-corrected chi connectivity index (χ4v) is 3.10. The molecule has 0 fully saturated rings. The van der Waals surface area contributed by atoms with E-state index in [4.69, 9.17) is 11.6 Å². The Bertz CT molecular complexity index is 408. The Labute approximate surface area is 107 Å². The van der Waals surface area contributed by atoms with Crippen molar-refractivity contribution in [1.82, 2.24) is 5.32 Å². The van der Waals surface area contributed by atoms with E-state index in [2.05, 4.69) is 5.32 Å². The lowest BCUT2D eigenvalue weighted by Gasteiger charge is -2.26. The van der Waals surface area contributed by atoms with E-state index in [1.54, 1.807) is 23.9 Å². The molecule has 17 heavy (non-hydrogen) atoms. The van der Waals surface area contributed by atoms with Crippen LogP contribution < -0.4 is 5.32 Å². The smallest absolute Gasteiger partial charge is 0.302 e. The molecule has 1 atom stereocenters. The molecule has 0 bridgehead atoms. The second kappa shape index (κ2) is 5.08. The Morgan fingerprint density at radius 1 is 1.41 bits per heavy atom. The van der Waals surface area contributed by atoms with Gasteiger partial charge in [-0.05, 0) is 35.9 Å². The lowest BCUT2D eigenvalue weighted by atomic mass is 10.0. The van der Waals surface area contributed by atoms with Crippen molar-refractivity contribution in [2.24, 2.45) is 0 Å². The summed E-state index contributed by atoms with van der Waals surface area (Å²) in [6.45, 7) is -0.964. The van der Waals surface area contributed by atoms with Gasteiger partial charge in [-0.2, -0.15) is 13.2 Å². The average molecular weight is 282 g/mol. The standard InChI is InChI=1S/C11H11ClF3NS/c12-7-1-2-10-8(5-7)9(3-4-17-10)16-6-11(13,14)15/h1-2,5,9,16H,3-4,6H2. The van der Waals surface area contributed by atoms with Crippen LogP contribution in [0.1, 0.15) is 18.0 Å². The van der Waals surface area contributed by atoms with Crippen LogP contribution in [0.2, 0.25) is 5.02 Å². The van der Waals surface area contributed by atoms with Gasteiger partial charge in [-0.15, -0.1) is 11.8 Å². The highest BCUT2D eigenvalue weighted by Gasteiger charge is 2.30. The van der Waals surface area contributed by atoms with Crippen molar-refractivity contribution in [2.75, 3.05) is 12.3 Å². The molecule has 0 radical (unpaired) electrons. The minimum absolute atomic E-state index is 0.258. The normalized spacial score (nSPS) is 20.1. The van der Waals surface area contributed by atoms with E-state index in [1.807, 2.05) is 6.07 Å². The molecule has 0 saturated carbocycles. The van der Waals surface area contributed by atoms with Crippen molar-refractivity contribution in [2.45, 2.75) is 23.5 Å². The molecule has 1 unspecified atom stereocenters. The second-order valence-corrected chi connectivity index (χ2v) is 5.44. The van der Waals surface area contributed by atoms with E-state index in [0.717, 1.165) is 16.2 Å². The predicted octanol–water partition coefficient (Wildman–Crippen LogP) is 4.03. The number of hydrogen-bond donors (Lipinski definition) is 1. The maximum absolute atomic E-state index is 12.2. The molecular weight excluding hydrogens is 271 g/mol. The summed E-state index contributed by atoms with van der Waals surface area (Å²) in [6, 6.07) is 5.12. The van der Waals surface area contributed by atoms with Crippen LogP contribution in [0, 0.1) is 0 Å². The highest BCUT2D eigenvalue weighted by molar-refractivity contribution is 7.99. The molecule has 0 spiro atoms. The van der Waals surface area contributed by atoms with Gasteiger partial charge >= 0.3 is 6.18 Å². The SMILES string of the molecule is FC(F)(F)CNC1CCSc2ccc(Cl)cc21. The summed E-state index contributed by atoms with van der Waals surface area (Å²) < 4.78 is 36.5. The van der Waals surface area contributed by atoms with Gasteiger partial charge in [0.05, 0.1) is 6.54 Å². The van der Waals surface area contributed by atoms with Gasteiger partial charge in [-0.3, -0.25) is 0 Å². The van der Waals surface area contributed by atoms with Gasteiger partial charge in [0.1, 0.15) is 0 Å². The third-order valence-electron chi connectivity index (χ3n) is 2.56. The molecule has 0 amide bonds. The molecule has 1 heterocycles. The first-order valence-electron chi connectivity index (χ1n) is 5.18. The predicted molar refractivity (Wildman–Crippen MR) is 63.6 cm³/mol. The molecule has 6 heteroatoms. The van der Waals surface area contributed by atoms with Crippen molar-refractivity contribution >= 4 is 23.4 Å². The molecule has 1 aromatic rings. The quantitative estimate of drug-likeness (QED) is 0.878. The number of rotatable bonds is 2. The number of thioether (sulfide) groups is 1. The highest BCUT2D eigenvalue weighted by Crippen LogP contribution is 2.37. The first kappa shape index (κ1) is 13.1. The molecule has 0 saturated heterocycles. The van der Waals surface area contributed by atoms with E-state index in [1.165, 1.54) is 0 Å². The topological polar surface area (TPSA) is 12.0 Å². The fourth-order valence-electron chi connectivity index (χ4n) is 1.82. The first-order valence-corrected chi connectivity index (χ1v) is 6.54. The summed E-state index contributed by atoms with van der Waals surface area (Å²) >= 11 is 7.53. The average Bonchev–Trinajstić information content (AvgIpc) is 2.25. The highest BCUT2D eigenvalue weighted by atomic mass is 35.5. The van der Waals surface area contributed by atoms with E-state index < -0.39 is 12.7 Å². The Balaban J connectivity index is 2.14. The van der Waals surface area contributed by atoms with Gasteiger partial charge in [-0.1, -0.05) is 11.6 Å². The van der Waals surface area contributed by atoms with Crippen LogP contribution >= 0.6 is 23.4 Å². The lowest BCUT2D eigenvalue weighted by Crippen LogP contribution is -2.33. The maximum Gasteiger partial charge on any atom is 0.401 e. The number of fused-ring (bicyclic) bond motifs is 1. The molecule has 1 aromatic carbocycles. The van der Waals surface area contributed by atoms with Gasteiger partial charge < -0.3 is 5.32 Å². The lowest BCUT2D eigenvalue weighted by molar-refractivity contribution is -0.126. The number of nitrogens with one attached hydrogen (secondary N) is 1. The van der Waals surface area contributed by atoms with Gasteiger partial charge in [-0.25, -0.2) is 0 Å². The Morgan fingerprint density at radius 2 is 2.18 bits per heavy atom. The van der Waals surface area contributed by atoms with Crippen molar-refractivity contribution in [3.8, 4) is 0 Å². The summed E-state index contributed by atoms with van der Waals surface area (Å²) in [6.07, 6.45) is -3.49. The summed E-state index contributed by atoms with van der Waals surface area (Å²) in [4.78, 5) is 1.01. The molecule has 94 valence electrons. The van der Waals surface area contributed by atoms with Crippen molar-refractivity contribution in [3.63, 3.8) is 0 Å². The largest absolute Gasteiger partial charge is 0.401 e. The van der Waals surface area contributed by atoms with Gasteiger partial charge in [0.15, 0.2) is 0 Å². The van der Waals surface area contributed by atoms with Crippen LogP contribution in [-0.4, -0.2) is 18.5 Å². The summed E-state index contributed by atoms with van der Waals surface area (Å²) in [7, 11) is 0. The Kier molecular flexibility index (Phi) is 3.90. The number of halogens is 4. The van der Waals surface area contributed by atoms with E-state index in [0.29, 0.717) is 11.4 Å². The first-order chi connectivity index (χ1) is 7.96. The van der Waals surface area contributed by atoms with E-state index in [9.17, 15) is 13.2 Å². The van der Waals surface area contributed by atoms with Gasteiger partial charge in [0.2, 0.25) is 0 Å². The van der Waals surface area contributed by atoms with Crippen LogP contribution in [0.25, 0.3) is 0 Å². The molecule has 1 N–H and O–H groups in total. The molecule has 1 nitrogen and oxygen atoms in total. The zero-order chi connectivity index (χ0) is 12.5. The Hall–Kier alpha value is -0.390. The van der Waals surface area contributed by atoms with Crippen LogP contribution in [0.15, 0.2) is 23.1 Å². The van der Waals surface area contributed by atoms with Gasteiger partial charge in [0, 0.05) is 16.0 Å². The van der Waals surface area contributed by atoms with Crippen LogP contribution in [-0.2, 0) is 0 Å². The zero-order valence-corrected chi connectivity index (χ0v) is 10.4. The molecule has 1 aliphatic heterocycles. The fraction of sp³-hybridized carbons (Fsp3) is 0.455. The number of hydrogen-bond acceptors (Lipinski definition) is 2. The van der Waals surface area contributed by atoms with Crippen LogP contribution in [0.5, 0.6) is 0 Å². The van der Waals surface area contributed by atoms with Crippen molar-refractivity contribution in [1.29, 1.82) is 0 Å². The molecule has 0 aliphatic carbocycles. The molecular formula is C11H11ClF3NS. The minimum atomic E-state index is -4.18. The van der Waals surface area contributed by atoms with Crippen LogP contribution in [0.4, 0.5) is 13.2 Å². The molecule has 1 aliphatic rings. The third-order valence-corrected chi connectivity index (χ3v) is 3.92. The third kappa shape index (κ3) is 3.53. The van der Waals surface area contributed by atoms with Gasteiger partial charge in [0.25, 0.3) is 0 Å². The maximum atomic E-state index is 12.2. The number of alkyl halides is 3. The number of benzene rings is 1. The van der Waals surface area contributed by atoms with E-state index in [-0.39, 0.29) is 6.04 Å². The van der Waals surface area contributed by atoms with Crippen molar-refractivity contribution in [3.05, 3.63) is 28.8 Å².